The molecule has 1 amide bonds. The predicted molar refractivity (Wildman–Crippen MR) is 114 cm³/mol. The molecule has 0 bridgehead atoms. The number of halogens is 1. The van der Waals surface area contributed by atoms with E-state index in [1.54, 1.807) is 0 Å². The Labute approximate surface area is 183 Å². The smallest absolute Gasteiger partial charge is 0.275 e. The fraction of sp³-hybridized carbons (Fsp3) is 0.696. The number of ether oxygens (including phenoxy) is 1. The SMILES string of the molecule is CCCCNC(=O)C[N+](C)(C)CCCCCOc1cc(C)ccc1C(C)C.[Br-]. The van der Waals surface area contributed by atoms with Gasteiger partial charge in [-0.25, -0.2) is 0 Å². The summed E-state index contributed by atoms with van der Waals surface area (Å²) in [6.07, 6.45) is 5.46. The Morgan fingerprint density at radius 2 is 1.86 bits per heavy atom. The number of hydrogen-bond acceptors (Lipinski definition) is 2. The zero-order valence-corrected chi connectivity index (χ0v) is 20.4. The van der Waals surface area contributed by atoms with E-state index in [0.717, 1.165) is 62.0 Å². The summed E-state index contributed by atoms with van der Waals surface area (Å²) in [7, 11) is 4.27. The summed E-state index contributed by atoms with van der Waals surface area (Å²) < 4.78 is 6.81. The molecule has 1 N–H and O–H groups in total. The van der Waals surface area contributed by atoms with Crippen molar-refractivity contribution in [2.75, 3.05) is 40.3 Å². The molecule has 1 aromatic rings. The Hall–Kier alpha value is -1.07. The van der Waals surface area contributed by atoms with Crippen molar-refractivity contribution in [2.24, 2.45) is 0 Å². The molecule has 0 aliphatic carbocycles. The third kappa shape index (κ3) is 11.1. The maximum absolute atomic E-state index is 12.0. The van der Waals surface area contributed by atoms with E-state index in [4.69, 9.17) is 4.74 Å². The maximum atomic E-state index is 12.0. The molecule has 162 valence electrons. The highest BCUT2D eigenvalue weighted by Gasteiger charge is 2.19. The van der Waals surface area contributed by atoms with Crippen LogP contribution in [0.3, 0.4) is 0 Å². The molecule has 5 heteroatoms. The molecule has 0 radical (unpaired) electrons. The van der Waals surface area contributed by atoms with Crippen molar-refractivity contribution in [1.82, 2.24) is 5.32 Å². The van der Waals surface area contributed by atoms with Crippen molar-refractivity contribution in [2.45, 2.75) is 65.7 Å². The average Bonchev–Trinajstić information content (AvgIpc) is 2.57. The van der Waals surface area contributed by atoms with Gasteiger partial charge in [-0.3, -0.25) is 4.79 Å². The minimum absolute atomic E-state index is 0. The Morgan fingerprint density at radius 1 is 1.14 bits per heavy atom. The number of likely N-dealkylation sites (N-methyl/N-ethyl adjacent to an activating group) is 1. The summed E-state index contributed by atoms with van der Waals surface area (Å²) in [4.78, 5) is 12.0. The number of aryl methyl sites for hydroxylation is 1. The van der Waals surface area contributed by atoms with Crippen LogP contribution < -0.4 is 27.0 Å². The van der Waals surface area contributed by atoms with E-state index >= 15 is 0 Å². The summed E-state index contributed by atoms with van der Waals surface area (Å²) >= 11 is 0. The van der Waals surface area contributed by atoms with Gasteiger partial charge in [-0.05, 0) is 55.7 Å². The van der Waals surface area contributed by atoms with Gasteiger partial charge >= 0.3 is 0 Å². The first-order chi connectivity index (χ1) is 12.7. The van der Waals surface area contributed by atoms with E-state index in [9.17, 15) is 4.79 Å². The minimum atomic E-state index is 0. The molecule has 4 nitrogen and oxygen atoms in total. The van der Waals surface area contributed by atoms with Gasteiger partial charge in [0.15, 0.2) is 6.54 Å². The number of carbonyl (C=O) groups excluding carboxylic acids is 1. The van der Waals surface area contributed by atoms with Crippen LogP contribution in [0.1, 0.15) is 69.9 Å². The van der Waals surface area contributed by atoms with Gasteiger partial charge in [-0.15, -0.1) is 0 Å². The van der Waals surface area contributed by atoms with Crippen molar-refractivity contribution >= 4 is 5.91 Å². The number of carbonyl (C=O) groups is 1. The van der Waals surface area contributed by atoms with Gasteiger partial charge in [0, 0.05) is 6.54 Å². The lowest BCUT2D eigenvalue weighted by atomic mass is 10.0. The average molecular weight is 457 g/mol. The Morgan fingerprint density at radius 3 is 2.50 bits per heavy atom. The fourth-order valence-corrected chi connectivity index (χ4v) is 3.17. The maximum Gasteiger partial charge on any atom is 0.275 e. The molecule has 0 saturated carbocycles. The standard InChI is InChI=1S/C23H40N2O2.BrH/c1-7-8-14-24-23(26)18-25(5,6)15-10-9-11-16-27-22-17-20(4)12-13-21(22)19(2)3;/h12-13,17,19H,7-11,14-16,18H2,1-6H3;1H. The summed E-state index contributed by atoms with van der Waals surface area (Å²) in [6.45, 7) is 11.8. The van der Waals surface area contributed by atoms with Crippen LogP contribution >= 0.6 is 0 Å². The second kappa shape index (κ2) is 14.0. The van der Waals surface area contributed by atoms with Crippen molar-refractivity contribution in [1.29, 1.82) is 0 Å². The first kappa shape index (κ1) is 26.9. The van der Waals surface area contributed by atoms with Crippen molar-refractivity contribution in [3.63, 3.8) is 0 Å². The summed E-state index contributed by atoms with van der Waals surface area (Å²) in [5, 5.41) is 3.01. The van der Waals surface area contributed by atoms with Gasteiger partial charge in [-0.2, -0.15) is 0 Å². The van der Waals surface area contributed by atoms with Crippen LogP contribution in [0.5, 0.6) is 5.75 Å². The van der Waals surface area contributed by atoms with E-state index in [-0.39, 0.29) is 22.9 Å². The third-order valence-electron chi connectivity index (χ3n) is 4.88. The highest BCUT2D eigenvalue weighted by Crippen LogP contribution is 2.27. The largest absolute Gasteiger partial charge is 1.00 e. The molecule has 0 fully saturated rings. The van der Waals surface area contributed by atoms with Gasteiger partial charge in [0.25, 0.3) is 5.91 Å². The first-order valence-corrected chi connectivity index (χ1v) is 10.6. The zero-order valence-electron chi connectivity index (χ0n) is 18.8. The normalized spacial score (nSPS) is 11.2. The molecule has 0 unspecified atom stereocenters. The van der Waals surface area contributed by atoms with Gasteiger partial charge in [0.2, 0.25) is 0 Å². The molecule has 28 heavy (non-hydrogen) atoms. The number of unbranched alkanes of at least 4 members (excludes halogenated alkanes) is 3. The topological polar surface area (TPSA) is 38.3 Å². The molecule has 1 rings (SSSR count). The van der Waals surface area contributed by atoms with Crippen LogP contribution in [0.4, 0.5) is 0 Å². The van der Waals surface area contributed by atoms with Crippen LogP contribution in [0, 0.1) is 6.92 Å². The molecular weight excluding hydrogens is 416 g/mol. The molecule has 0 aromatic heterocycles. The van der Waals surface area contributed by atoms with E-state index in [0.29, 0.717) is 12.5 Å². The van der Waals surface area contributed by atoms with Gasteiger partial charge in [-0.1, -0.05) is 39.3 Å². The van der Waals surface area contributed by atoms with Crippen LogP contribution in [-0.4, -0.2) is 50.7 Å². The lowest BCUT2D eigenvalue weighted by molar-refractivity contribution is -0.882. The van der Waals surface area contributed by atoms with Crippen molar-refractivity contribution in [3.8, 4) is 5.75 Å². The van der Waals surface area contributed by atoms with Crippen molar-refractivity contribution < 1.29 is 31.0 Å². The van der Waals surface area contributed by atoms with Crippen LogP contribution in [0.2, 0.25) is 0 Å². The molecule has 1 aromatic carbocycles. The number of quaternary nitrogens is 1. The number of amides is 1. The van der Waals surface area contributed by atoms with Gasteiger partial charge in [0.1, 0.15) is 5.75 Å². The van der Waals surface area contributed by atoms with Crippen LogP contribution in [0.25, 0.3) is 0 Å². The van der Waals surface area contributed by atoms with Crippen LogP contribution in [0.15, 0.2) is 18.2 Å². The second-order valence-corrected chi connectivity index (χ2v) is 8.63. The van der Waals surface area contributed by atoms with E-state index in [2.05, 4.69) is 65.3 Å². The Kier molecular flexibility index (Phi) is 13.5. The van der Waals surface area contributed by atoms with E-state index in [1.165, 1.54) is 11.1 Å². The summed E-state index contributed by atoms with van der Waals surface area (Å²) in [5.74, 6) is 1.67. The Bertz CT molecular complexity index is 574. The third-order valence-corrected chi connectivity index (χ3v) is 4.88. The Balaban J connectivity index is 0.00000729. The number of nitrogens with zero attached hydrogens (tertiary/aromatic N) is 1. The minimum Gasteiger partial charge on any atom is -1.00 e. The molecule has 0 spiro atoms. The molecule has 0 heterocycles. The van der Waals surface area contributed by atoms with Gasteiger partial charge < -0.3 is 31.5 Å². The monoisotopic (exact) mass is 456 g/mol. The molecule has 0 aliphatic rings. The molecular formula is C23H41BrN2O2. The zero-order chi connectivity index (χ0) is 20.3. The second-order valence-electron chi connectivity index (χ2n) is 8.63. The fourth-order valence-electron chi connectivity index (χ4n) is 3.17. The quantitative estimate of drug-likeness (QED) is 0.362. The molecule has 0 aliphatic heterocycles. The lowest BCUT2D eigenvalue weighted by Crippen LogP contribution is -3.00. The number of hydrogen-bond donors (Lipinski definition) is 1. The number of rotatable bonds is 13. The lowest BCUT2D eigenvalue weighted by Gasteiger charge is -2.29. The number of nitrogens with one attached hydrogen (secondary N) is 1. The highest BCUT2D eigenvalue weighted by atomic mass is 79.9. The summed E-state index contributed by atoms with van der Waals surface area (Å²) in [5.41, 5.74) is 2.53. The van der Waals surface area contributed by atoms with E-state index < -0.39 is 0 Å². The molecule has 0 atom stereocenters. The number of benzene rings is 1. The van der Waals surface area contributed by atoms with Crippen molar-refractivity contribution in [3.05, 3.63) is 29.3 Å². The first-order valence-electron chi connectivity index (χ1n) is 10.6. The highest BCUT2D eigenvalue weighted by molar-refractivity contribution is 5.76. The predicted octanol–water partition coefficient (Wildman–Crippen LogP) is 1.66. The van der Waals surface area contributed by atoms with Gasteiger partial charge in [0.05, 0.1) is 27.2 Å². The van der Waals surface area contributed by atoms with E-state index in [1.807, 2.05) is 0 Å². The summed E-state index contributed by atoms with van der Waals surface area (Å²) in [6, 6.07) is 6.48. The molecule has 0 saturated heterocycles. The van der Waals surface area contributed by atoms with Crippen LogP contribution in [-0.2, 0) is 4.79 Å².